The molecule has 0 aliphatic heterocycles. The summed E-state index contributed by atoms with van der Waals surface area (Å²) in [6.07, 6.45) is 1.55. The van der Waals surface area contributed by atoms with Gasteiger partial charge < -0.3 is 4.74 Å². The molecular weight excluding hydrogens is 200 g/mol. The predicted octanol–water partition coefficient (Wildman–Crippen LogP) is 3.18. The highest BCUT2D eigenvalue weighted by Gasteiger charge is 2.03. The van der Waals surface area contributed by atoms with Crippen LogP contribution in [0.25, 0.3) is 0 Å². The van der Waals surface area contributed by atoms with Crippen molar-refractivity contribution in [2.75, 3.05) is 6.61 Å². The smallest absolute Gasteiger partial charge is 0.333 e. The first-order valence-electron chi connectivity index (χ1n) is 4.42. The Balaban J connectivity index is 4.69. The van der Waals surface area contributed by atoms with Gasteiger partial charge in [0.2, 0.25) is 0 Å². The van der Waals surface area contributed by atoms with Crippen molar-refractivity contribution >= 4 is 17.6 Å². The molecule has 2 nitrogen and oxygen atoms in total. The molecule has 0 unspecified atom stereocenters. The lowest BCUT2D eigenvalue weighted by molar-refractivity contribution is -0.138. The Labute approximate surface area is 89.9 Å². The lowest BCUT2D eigenvalue weighted by Gasteiger charge is -1.99. The van der Waals surface area contributed by atoms with Gasteiger partial charge in [-0.2, -0.15) is 0 Å². The molecule has 0 heterocycles. The minimum atomic E-state index is -0.346. The molecule has 0 N–H and O–H groups in total. The average molecular weight is 215 g/mol. The standard InChI is InChI=1S/C11H15ClO2/c1-5-14-11(13)9(4)7-10(12)6-8(2)3/h7H,5H2,1-4H3/b9-7+. The maximum Gasteiger partial charge on any atom is 0.333 e. The van der Waals surface area contributed by atoms with Gasteiger partial charge in [0.25, 0.3) is 0 Å². The summed E-state index contributed by atoms with van der Waals surface area (Å²) in [4.78, 5) is 11.2. The van der Waals surface area contributed by atoms with Gasteiger partial charge in [-0.05, 0) is 39.3 Å². The summed E-state index contributed by atoms with van der Waals surface area (Å²) in [5.41, 5.74) is 4.32. The first-order valence-corrected chi connectivity index (χ1v) is 4.80. The number of carbonyl (C=O) groups excluding carboxylic acids is 1. The van der Waals surface area contributed by atoms with Crippen LogP contribution in [0.4, 0.5) is 0 Å². The van der Waals surface area contributed by atoms with Gasteiger partial charge >= 0.3 is 5.97 Å². The summed E-state index contributed by atoms with van der Waals surface area (Å²) in [6.45, 7) is 7.56. The monoisotopic (exact) mass is 214 g/mol. The van der Waals surface area contributed by atoms with Crippen molar-refractivity contribution in [2.45, 2.75) is 27.7 Å². The van der Waals surface area contributed by atoms with Crippen LogP contribution in [-0.4, -0.2) is 12.6 Å². The van der Waals surface area contributed by atoms with Gasteiger partial charge in [0, 0.05) is 5.57 Å². The third kappa shape index (κ3) is 5.63. The second-order valence-electron chi connectivity index (χ2n) is 3.02. The minimum Gasteiger partial charge on any atom is -0.463 e. The Hall–Kier alpha value is -0.980. The van der Waals surface area contributed by atoms with Gasteiger partial charge in [0.05, 0.1) is 11.6 Å². The molecule has 0 aromatic heterocycles. The Kier molecular flexibility index (Phi) is 6.02. The van der Waals surface area contributed by atoms with Crippen LogP contribution >= 0.6 is 11.6 Å². The predicted molar refractivity (Wildman–Crippen MR) is 58.1 cm³/mol. The Bertz CT molecular complexity index is 303. The summed E-state index contributed by atoms with van der Waals surface area (Å²) in [5, 5.41) is 0.413. The summed E-state index contributed by atoms with van der Waals surface area (Å²) >= 11 is 5.82. The molecule has 0 aromatic rings. The Morgan fingerprint density at radius 2 is 2.00 bits per heavy atom. The zero-order valence-electron chi connectivity index (χ0n) is 8.98. The molecule has 0 saturated heterocycles. The second kappa shape index (κ2) is 6.47. The van der Waals surface area contributed by atoms with Crippen LogP contribution in [0.15, 0.2) is 28.0 Å². The molecule has 78 valence electrons. The first kappa shape index (κ1) is 13.0. The van der Waals surface area contributed by atoms with Gasteiger partial charge in [-0.3, -0.25) is 0 Å². The van der Waals surface area contributed by atoms with Crippen LogP contribution in [0.5, 0.6) is 0 Å². The van der Waals surface area contributed by atoms with E-state index in [1.165, 1.54) is 0 Å². The molecule has 0 amide bonds. The zero-order chi connectivity index (χ0) is 11.1. The lowest BCUT2D eigenvalue weighted by Crippen LogP contribution is -2.04. The van der Waals surface area contributed by atoms with Gasteiger partial charge in [-0.25, -0.2) is 4.79 Å². The van der Waals surface area contributed by atoms with E-state index in [2.05, 4.69) is 5.73 Å². The fourth-order valence-electron chi connectivity index (χ4n) is 0.769. The number of carbonyl (C=O) groups is 1. The van der Waals surface area contributed by atoms with E-state index in [4.69, 9.17) is 16.3 Å². The van der Waals surface area contributed by atoms with Crippen molar-refractivity contribution < 1.29 is 9.53 Å². The van der Waals surface area contributed by atoms with E-state index in [1.54, 1.807) is 19.9 Å². The molecule has 0 aromatic carbocycles. The van der Waals surface area contributed by atoms with E-state index >= 15 is 0 Å². The van der Waals surface area contributed by atoms with Gasteiger partial charge in [-0.1, -0.05) is 11.6 Å². The second-order valence-corrected chi connectivity index (χ2v) is 3.43. The topological polar surface area (TPSA) is 26.3 Å². The van der Waals surface area contributed by atoms with E-state index in [9.17, 15) is 4.79 Å². The van der Waals surface area contributed by atoms with Crippen LogP contribution in [0, 0.1) is 0 Å². The lowest BCUT2D eigenvalue weighted by atomic mass is 10.2. The average Bonchev–Trinajstić information content (AvgIpc) is 2.02. The fourth-order valence-corrected chi connectivity index (χ4v) is 1.12. The van der Waals surface area contributed by atoms with E-state index < -0.39 is 0 Å². The molecule has 0 aliphatic carbocycles. The van der Waals surface area contributed by atoms with Crippen molar-refractivity contribution in [3.63, 3.8) is 0 Å². The summed E-state index contributed by atoms with van der Waals surface area (Å²) in [5.74, 6) is -0.346. The highest BCUT2D eigenvalue weighted by molar-refractivity contribution is 6.31. The number of esters is 1. The van der Waals surface area contributed by atoms with Crippen molar-refractivity contribution in [2.24, 2.45) is 0 Å². The van der Waals surface area contributed by atoms with Crippen LogP contribution < -0.4 is 0 Å². The third-order valence-corrected chi connectivity index (χ3v) is 1.51. The van der Waals surface area contributed by atoms with E-state index in [-0.39, 0.29) is 5.97 Å². The van der Waals surface area contributed by atoms with Crippen molar-refractivity contribution in [3.05, 3.63) is 28.0 Å². The van der Waals surface area contributed by atoms with Crippen LogP contribution in [-0.2, 0) is 9.53 Å². The van der Waals surface area contributed by atoms with Crippen LogP contribution in [0.1, 0.15) is 27.7 Å². The van der Waals surface area contributed by atoms with Gasteiger partial charge in [0.1, 0.15) is 0 Å². The van der Waals surface area contributed by atoms with Gasteiger partial charge in [0.15, 0.2) is 0 Å². The van der Waals surface area contributed by atoms with Crippen LogP contribution in [0.3, 0.4) is 0 Å². The number of ether oxygens (including phenoxy) is 1. The molecule has 0 radical (unpaired) electrons. The molecule has 0 rings (SSSR count). The number of hydrogen-bond acceptors (Lipinski definition) is 2. The molecule has 0 atom stereocenters. The fraction of sp³-hybridized carbons (Fsp3) is 0.455. The highest BCUT2D eigenvalue weighted by atomic mass is 35.5. The van der Waals surface area contributed by atoms with Crippen molar-refractivity contribution in [1.82, 2.24) is 0 Å². The Morgan fingerprint density at radius 3 is 2.43 bits per heavy atom. The summed E-state index contributed by atoms with van der Waals surface area (Å²) in [7, 11) is 0. The largest absolute Gasteiger partial charge is 0.463 e. The normalized spacial score (nSPS) is 10.5. The van der Waals surface area contributed by atoms with Crippen LogP contribution in [0.2, 0.25) is 0 Å². The molecule has 0 fully saturated rings. The third-order valence-electron chi connectivity index (χ3n) is 1.31. The van der Waals surface area contributed by atoms with E-state index in [0.29, 0.717) is 17.2 Å². The van der Waals surface area contributed by atoms with E-state index in [1.807, 2.05) is 13.8 Å². The Morgan fingerprint density at radius 1 is 1.43 bits per heavy atom. The number of hydrogen-bond donors (Lipinski definition) is 0. The number of rotatable bonds is 3. The molecule has 14 heavy (non-hydrogen) atoms. The summed E-state index contributed by atoms with van der Waals surface area (Å²) < 4.78 is 4.80. The maximum atomic E-state index is 11.2. The molecule has 0 saturated carbocycles. The zero-order valence-corrected chi connectivity index (χ0v) is 9.73. The highest BCUT2D eigenvalue weighted by Crippen LogP contribution is 2.08. The molecule has 3 heteroatoms. The maximum absolute atomic E-state index is 11.2. The molecule has 0 aliphatic rings. The number of halogens is 1. The molecule has 0 spiro atoms. The van der Waals surface area contributed by atoms with Crippen molar-refractivity contribution in [3.8, 4) is 0 Å². The van der Waals surface area contributed by atoms with Crippen molar-refractivity contribution in [1.29, 1.82) is 0 Å². The van der Waals surface area contributed by atoms with Gasteiger partial charge in [-0.15, -0.1) is 5.73 Å². The quantitative estimate of drug-likeness (QED) is 0.312. The van der Waals surface area contributed by atoms with E-state index in [0.717, 1.165) is 5.57 Å². The summed E-state index contributed by atoms with van der Waals surface area (Å²) in [6, 6.07) is 0. The SMILES string of the molecule is CCOC(=O)/C(C)=C/C(Cl)=C=C(C)C. The first-order chi connectivity index (χ1) is 6.47. The number of allylic oxidation sites excluding steroid dienone is 2. The minimum absolute atomic E-state index is 0.346. The molecular formula is C11H15ClO2. The molecule has 0 bridgehead atoms.